The molecule has 1 aromatic carbocycles. The lowest BCUT2D eigenvalue weighted by Gasteiger charge is -2.38. The molecule has 37 heavy (non-hydrogen) atoms. The molecule has 5 atom stereocenters. The van der Waals surface area contributed by atoms with Crippen molar-refractivity contribution in [3.8, 4) is 0 Å². The maximum atomic E-state index is 14.6. The highest BCUT2D eigenvalue weighted by Gasteiger charge is 2.77. The highest BCUT2D eigenvalue weighted by molar-refractivity contribution is 8.02. The molecule has 3 saturated heterocycles. The number of aryl methyl sites for hydroxylation is 2. The van der Waals surface area contributed by atoms with Crippen molar-refractivity contribution in [2.75, 3.05) is 31.2 Å². The lowest BCUT2D eigenvalue weighted by molar-refractivity contribution is -0.154. The molecule has 0 radical (unpaired) electrons. The molecule has 3 aliphatic heterocycles. The fourth-order valence-corrected chi connectivity index (χ4v) is 9.07. The molecule has 1 aromatic rings. The number of aliphatic hydroxyl groups is 1. The number of esters is 1. The van der Waals surface area contributed by atoms with Crippen LogP contribution in [0.1, 0.15) is 43.7 Å². The Morgan fingerprint density at radius 1 is 1.22 bits per heavy atom. The third kappa shape index (κ3) is 4.42. The third-order valence-corrected chi connectivity index (χ3v) is 10.2. The Balaban J connectivity index is 1.80. The molecule has 2 amide bonds. The number of nitrogens with zero attached hydrogens (tertiary/aromatic N) is 2. The van der Waals surface area contributed by atoms with Gasteiger partial charge in [-0.15, -0.1) is 18.3 Å². The van der Waals surface area contributed by atoms with Crippen LogP contribution in [-0.2, 0) is 19.1 Å². The lowest BCUT2D eigenvalue weighted by atomic mass is 9.66. The van der Waals surface area contributed by atoms with Crippen LogP contribution in [0.25, 0.3) is 0 Å². The summed E-state index contributed by atoms with van der Waals surface area (Å²) < 4.78 is 4.29. The molecule has 0 aliphatic carbocycles. The van der Waals surface area contributed by atoms with Gasteiger partial charge in [-0.2, -0.15) is 0 Å². The predicted molar refractivity (Wildman–Crippen MR) is 146 cm³/mol. The molecule has 1 spiro atoms. The minimum Gasteiger partial charge on any atom is -0.461 e. The molecule has 1 N–H and O–H groups in total. The monoisotopic (exact) mass is 526 g/mol. The predicted octanol–water partition coefficient (Wildman–Crippen LogP) is 3.81. The van der Waals surface area contributed by atoms with Crippen molar-refractivity contribution in [3.63, 3.8) is 0 Å². The van der Waals surface area contributed by atoms with Gasteiger partial charge in [-0.05, 0) is 57.6 Å². The first-order chi connectivity index (χ1) is 17.7. The quantitative estimate of drug-likeness (QED) is 0.268. The van der Waals surface area contributed by atoms with Crippen LogP contribution in [0.5, 0.6) is 0 Å². The summed E-state index contributed by atoms with van der Waals surface area (Å²) in [6.45, 7) is 14.3. The van der Waals surface area contributed by atoms with E-state index in [9.17, 15) is 19.5 Å². The van der Waals surface area contributed by atoms with Gasteiger partial charge >= 0.3 is 5.97 Å². The second-order valence-corrected chi connectivity index (χ2v) is 12.5. The lowest BCUT2D eigenvalue weighted by Crippen LogP contribution is -2.55. The average Bonchev–Trinajstić information content (AvgIpc) is 3.42. The Bertz CT molecular complexity index is 1090. The number of amides is 2. The first-order valence-corrected chi connectivity index (χ1v) is 13.9. The summed E-state index contributed by atoms with van der Waals surface area (Å²) in [5, 5.41) is 9.38. The van der Waals surface area contributed by atoms with Crippen LogP contribution in [0.2, 0.25) is 0 Å². The van der Waals surface area contributed by atoms with Gasteiger partial charge in [0.1, 0.15) is 12.6 Å². The number of para-hydroxylation sites is 1. The van der Waals surface area contributed by atoms with Crippen molar-refractivity contribution >= 4 is 35.2 Å². The number of fused-ring (bicyclic) bond motifs is 1. The third-order valence-electron chi connectivity index (χ3n) is 8.20. The van der Waals surface area contributed by atoms with Crippen LogP contribution in [0.3, 0.4) is 0 Å². The van der Waals surface area contributed by atoms with Crippen LogP contribution in [-0.4, -0.2) is 69.6 Å². The fourth-order valence-electron chi connectivity index (χ4n) is 6.73. The highest BCUT2D eigenvalue weighted by atomic mass is 32.2. The zero-order valence-corrected chi connectivity index (χ0v) is 22.9. The standard InChI is InChI=1S/C29H38N2O5S/c1-6-15-30(23-19(3)11-10-12-20(23)4)26(34)24-29-14-13-28(5,37-29)22(27(35)36-18-7-2)21(29)25(33)31(24)16-8-9-17-32/h6-7,10-12,21-22,24,32H,1-2,8-9,13-18H2,3-5H3/t21-,22-,24?,28+,29?/m0/s1. The largest absolute Gasteiger partial charge is 0.461 e. The Morgan fingerprint density at radius 3 is 2.54 bits per heavy atom. The van der Waals surface area contributed by atoms with Gasteiger partial charge in [0.05, 0.1) is 16.6 Å². The second-order valence-electron chi connectivity index (χ2n) is 10.6. The molecule has 4 rings (SSSR count). The van der Waals surface area contributed by atoms with Crippen LogP contribution >= 0.6 is 11.8 Å². The molecule has 0 aromatic heterocycles. The minimum absolute atomic E-state index is 0.0174. The van der Waals surface area contributed by atoms with Gasteiger partial charge < -0.3 is 19.6 Å². The molecule has 7 nitrogen and oxygen atoms in total. The molecule has 3 fully saturated rings. The summed E-state index contributed by atoms with van der Waals surface area (Å²) in [5.41, 5.74) is 2.78. The van der Waals surface area contributed by atoms with Crippen molar-refractivity contribution in [1.82, 2.24) is 4.90 Å². The van der Waals surface area contributed by atoms with Gasteiger partial charge in [0, 0.05) is 30.1 Å². The van der Waals surface area contributed by atoms with Crippen molar-refractivity contribution < 1.29 is 24.2 Å². The molecular weight excluding hydrogens is 488 g/mol. The van der Waals surface area contributed by atoms with E-state index in [4.69, 9.17) is 4.74 Å². The van der Waals surface area contributed by atoms with Gasteiger partial charge in [-0.25, -0.2) is 0 Å². The Labute approximate surface area is 223 Å². The van der Waals surface area contributed by atoms with Crippen molar-refractivity contribution in [3.05, 3.63) is 54.6 Å². The summed E-state index contributed by atoms with van der Waals surface area (Å²) in [7, 11) is 0. The maximum Gasteiger partial charge on any atom is 0.311 e. The molecule has 200 valence electrons. The summed E-state index contributed by atoms with van der Waals surface area (Å²) in [6.07, 6.45) is 5.75. The van der Waals surface area contributed by atoms with Crippen molar-refractivity contribution in [2.24, 2.45) is 11.8 Å². The highest BCUT2D eigenvalue weighted by Crippen LogP contribution is 2.71. The topological polar surface area (TPSA) is 87.1 Å². The van der Waals surface area contributed by atoms with E-state index >= 15 is 0 Å². The van der Waals surface area contributed by atoms with Gasteiger partial charge in [0.25, 0.3) is 5.91 Å². The number of likely N-dealkylation sites (tertiary alicyclic amines) is 1. The number of aliphatic hydroxyl groups excluding tert-OH is 1. The van der Waals surface area contributed by atoms with E-state index in [0.29, 0.717) is 32.4 Å². The van der Waals surface area contributed by atoms with E-state index in [1.807, 2.05) is 39.0 Å². The zero-order valence-electron chi connectivity index (χ0n) is 22.1. The molecule has 3 heterocycles. The fraction of sp³-hybridized carbons (Fsp3) is 0.552. The van der Waals surface area contributed by atoms with Gasteiger partial charge in [-0.3, -0.25) is 14.4 Å². The van der Waals surface area contributed by atoms with E-state index in [0.717, 1.165) is 23.2 Å². The molecule has 2 unspecified atom stereocenters. The van der Waals surface area contributed by atoms with Crippen LogP contribution in [0, 0.1) is 25.7 Å². The van der Waals surface area contributed by atoms with Gasteiger partial charge in [0.2, 0.25) is 5.91 Å². The number of anilines is 1. The summed E-state index contributed by atoms with van der Waals surface area (Å²) in [4.78, 5) is 45.4. The molecule has 8 heteroatoms. The Kier molecular flexibility index (Phi) is 7.91. The Morgan fingerprint density at radius 2 is 1.92 bits per heavy atom. The van der Waals surface area contributed by atoms with E-state index in [1.165, 1.54) is 6.08 Å². The summed E-state index contributed by atoms with van der Waals surface area (Å²) in [6, 6.07) is 5.21. The zero-order chi connectivity index (χ0) is 27.0. The van der Waals surface area contributed by atoms with Gasteiger partial charge in [0.15, 0.2) is 0 Å². The normalized spacial score (nSPS) is 29.8. The molecule has 2 bridgehead atoms. The Hall–Kier alpha value is -2.58. The summed E-state index contributed by atoms with van der Waals surface area (Å²) in [5.74, 6) is -1.94. The number of ether oxygens (including phenoxy) is 1. The van der Waals surface area contributed by atoms with Crippen molar-refractivity contribution in [1.29, 1.82) is 0 Å². The molecular formula is C29H38N2O5S. The number of rotatable bonds is 11. The maximum absolute atomic E-state index is 14.6. The SMILES string of the molecule is C=CCOC(=O)[C@@H]1[C@H]2C(=O)N(CCCCO)C(C(=O)N(CC=C)c3c(C)cccc3C)C23CC[C@@]1(C)S3. The number of hydrogen-bond acceptors (Lipinski definition) is 6. The number of hydrogen-bond donors (Lipinski definition) is 1. The van der Waals surface area contributed by atoms with E-state index in [1.54, 1.807) is 27.6 Å². The first kappa shape index (κ1) is 27.5. The van der Waals surface area contributed by atoms with Crippen LogP contribution in [0.4, 0.5) is 5.69 Å². The minimum atomic E-state index is -0.716. The second kappa shape index (κ2) is 10.7. The number of benzene rings is 1. The smallest absolute Gasteiger partial charge is 0.311 e. The number of thioether (sulfide) groups is 1. The first-order valence-electron chi connectivity index (χ1n) is 13.0. The average molecular weight is 527 g/mol. The van der Waals surface area contributed by atoms with E-state index in [-0.39, 0.29) is 25.0 Å². The number of unbranched alkanes of at least 4 members (excludes halogenated alkanes) is 1. The van der Waals surface area contributed by atoms with Gasteiger partial charge in [-0.1, -0.05) is 36.9 Å². The van der Waals surface area contributed by atoms with Crippen molar-refractivity contribution in [2.45, 2.75) is 62.0 Å². The van der Waals surface area contributed by atoms with E-state index in [2.05, 4.69) is 13.2 Å². The van der Waals surface area contributed by atoms with Crippen LogP contribution < -0.4 is 4.90 Å². The summed E-state index contributed by atoms with van der Waals surface area (Å²) >= 11 is 1.63. The van der Waals surface area contributed by atoms with Crippen LogP contribution in [0.15, 0.2) is 43.5 Å². The number of carbonyl (C=O) groups is 3. The van der Waals surface area contributed by atoms with E-state index < -0.39 is 33.3 Å². The number of carbonyl (C=O) groups excluding carboxylic acids is 3. The molecule has 3 aliphatic rings. The molecule has 0 saturated carbocycles.